The monoisotopic (exact) mass is 285 g/mol. The highest BCUT2D eigenvalue weighted by Gasteiger charge is 2.23. The van der Waals surface area contributed by atoms with E-state index in [-0.39, 0.29) is 6.04 Å². The van der Waals surface area contributed by atoms with Crippen LogP contribution in [0.4, 0.5) is 0 Å². The van der Waals surface area contributed by atoms with Gasteiger partial charge in [-0.3, -0.25) is 0 Å². The molecule has 0 aliphatic heterocycles. The summed E-state index contributed by atoms with van der Waals surface area (Å²) in [5, 5.41) is 4.91. The van der Waals surface area contributed by atoms with Gasteiger partial charge in [-0.1, -0.05) is 55.1 Å². The molecule has 100 valence electrons. The Balaban J connectivity index is 1.95. The van der Waals surface area contributed by atoms with Crippen molar-refractivity contribution >= 4 is 23.2 Å². The van der Waals surface area contributed by atoms with Crippen molar-refractivity contribution in [1.29, 1.82) is 0 Å². The smallest absolute Gasteiger partial charge is 0.0639 e. The zero-order valence-corrected chi connectivity index (χ0v) is 12.6. The summed E-state index contributed by atoms with van der Waals surface area (Å²) in [4.78, 5) is 0. The Labute approximate surface area is 120 Å². The lowest BCUT2D eigenvalue weighted by Crippen LogP contribution is -2.27. The molecule has 0 aromatic heterocycles. The third kappa shape index (κ3) is 3.20. The van der Waals surface area contributed by atoms with Crippen LogP contribution in [0.2, 0.25) is 10.0 Å². The summed E-state index contributed by atoms with van der Waals surface area (Å²) in [6, 6.07) is 6.09. The van der Waals surface area contributed by atoms with Crippen molar-refractivity contribution < 1.29 is 0 Å². The molecule has 1 nitrogen and oxygen atoms in total. The maximum absolute atomic E-state index is 6.24. The Morgan fingerprint density at radius 1 is 1.33 bits per heavy atom. The van der Waals surface area contributed by atoms with Crippen LogP contribution in [0.25, 0.3) is 0 Å². The van der Waals surface area contributed by atoms with Gasteiger partial charge in [0, 0.05) is 6.04 Å². The molecule has 3 heteroatoms. The van der Waals surface area contributed by atoms with Gasteiger partial charge in [-0.05, 0) is 43.4 Å². The van der Waals surface area contributed by atoms with Gasteiger partial charge < -0.3 is 5.32 Å². The Morgan fingerprint density at radius 2 is 2.11 bits per heavy atom. The average molecular weight is 286 g/mol. The molecule has 0 amide bonds. The van der Waals surface area contributed by atoms with Crippen molar-refractivity contribution in [3.05, 3.63) is 33.8 Å². The summed E-state index contributed by atoms with van der Waals surface area (Å²) in [7, 11) is 0. The predicted octanol–water partition coefficient (Wildman–Crippen LogP) is 5.08. The zero-order valence-electron chi connectivity index (χ0n) is 11.0. The number of hydrogen-bond acceptors (Lipinski definition) is 1. The molecule has 1 aromatic rings. The molecule has 0 radical (unpaired) electrons. The minimum Gasteiger partial charge on any atom is -0.310 e. The molecule has 3 unspecified atom stereocenters. The van der Waals surface area contributed by atoms with Gasteiger partial charge in [0.15, 0.2) is 0 Å². The van der Waals surface area contributed by atoms with Crippen molar-refractivity contribution in [3.63, 3.8) is 0 Å². The van der Waals surface area contributed by atoms with Crippen LogP contribution in [0.3, 0.4) is 0 Å². The van der Waals surface area contributed by atoms with Crippen LogP contribution in [0.1, 0.15) is 44.7 Å². The van der Waals surface area contributed by atoms with Crippen molar-refractivity contribution in [1.82, 2.24) is 5.32 Å². The lowest BCUT2D eigenvalue weighted by Gasteiger charge is -2.21. The fraction of sp³-hybridized carbons (Fsp3) is 0.600. The number of benzene rings is 1. The highest BCUT2D eigenvalue weighted by atomic mass is 35.5. The highest BCUT2D eigenvalue weighted by Crippen LogP contribution is 2.32. The molecule has 1 saturated carbocycles. The minimum atomic E-state index is 0.254. The largest absolute Gasteiger partial charge is 0.310 e. The van der Waals surface area contributed by atoms with Crippen molar-refractivity contribution in [3.8, 4) is 0 Å². The average Bonchev–Trinajstić information content (AvgIpc) is 2.75. The Bertz CT molecular complexity index is 405. The van der Waals surface area contributed by atoms with E-state index in [1.165, 1.54) is 19.3 Å². The van der Waals surface area contributed by atoms with Crippen LogP contribution in [-0.2, 0) is 0 Å². The minimum absolute atomic E-state index is 0.254. The summed E-state index contributed by atoms with van der Waals surface area (Å²) in [6.45, 7) is 5.58. The second-order valence-corrected chi connectivity index (χ2v) is 6.23. The summed E-state index contributed by atoms with van der Waals surface area (Å²) in [5.74, 6) is 1.66. The Morgan fingerprint density at radius 3 is 2.78 bits per heavy atom. The van der Waals surface area contributed by atoms with Gasteiger partial charge in [-0.25, -0.2) is 0 Å². The third-order valence-corrected chi connectivity index (χ3v) is 5.01. The van der Waals surface area contributed by atoms with Crippen LogP contribution in [0.15, 0.2) is 18.2 Å². The molecule has 18 heavy (non-hydrogen) atoms. The third-order valence-electron chi connectivity index (χ3n) is 4.17. The van der Waals surface area contributed by atoms with Gasteiger partial charge in [0.2, 0.25) is 0 Å². The van der Waals surface area contributed by atoms with E-state index in [0.29, 0.717) is 10.0 Å². The van der Waals surface area contributed by atoms with Crippen molar-refractivity contribution in [2.24, 2.45) is 11.8 Å². The van der Waals surface area contributed by atoms with Gasteiger partial charge in [-0.15, -0.1) is 0 Å². The van der Waals surface area contributed by atoms with E-state index in [0.717, 1.165) is 23.9 Å². The molecule has 1 aliphatic rings. The molecular formula is C15H21Cl2N. The number of nitrogens with one attached hydrogen (secondary N) is 1. The summed E-state index contributed by atoms with van der Waals surface area (Å²) >= 11 is 12.3. The van der Waals surface area contributed by atoms with E-state index in [9.17, 15) is 0 Å². The first kappa shape index (κ1) is 14.2. The Kier molecular flexibility index (Phi) is 4.94. The van der Waals surface area contributed by atoms with Crippen LogP contribution >= 0.6 is 23.2 Å². The first-order chi connectivity index (χ1) is 8.59. The molecule has 1 N–H and O–H groups in total. The van der Waals surface area contributed by atoms with Gasteiger partial charge >= 0.3 is 0 Å². The second-order valence-electron chi connectivity index (χ2n) is 5.44. The topological polar surface area (TPSA) is 12.0 Å². The fourth-order valence-electron chi connectivity index (χ4n) is 2.82. The van der Waals surface area contributed by atoms with Crippen LogP contribution in [0, 0.1) is 11.8 Å². The van der Waals surface area contributed by atoms with Gasteiger partial charge in [0.25, 0.3) is 0 Å². The number of halogens is 2. The predicted molar refractivity (Wildman–Crippen MR) is 79.4 cm³/mol. The molecule has 0 heterocycles. The molecule has 1 aliphatic carbocycles. The van der Waals surface area contributed by atoms with Gasteiger partial charge in [0.05, 0.1) is 10.0 Å². The zero-order chi connectivity index (χ0) is 13.1. The Hall–Kier alpha value is -0.240. The van der Waals surface area contributed by atoms with Gasteiger partial charge in [0.1, 0.15) is 0 Å². The molecule has 2 rings (SSSR count). The van der Waals surface area contributed by atoms with E-state index in [1.807, 2.05) is 18.2 Å². The van der Waals surface area contributed by atoms with Crippen LogP contribution < -0.4 is 5.32 Å². The standard InChI is InChI=1S/C15H21Cl2N/c1-10-5-3-6-12(10)9-18-11(2)13-7-4-8-14(16)15(13)17/h4,7-8,10-12,18H,3,5-6,9H2,1-2H3. The summed E-state index contributed by atoms with van der Waals surface area (Å²) in [6.07, 6.45) is 4.10. The normalized spacial score (nSPS) is 25.3. The quantitative estimate of drug-likeness (QED) is 0.813. The van der Waals surface area contributed by atoms with E-state index in [4.69, 9.17) is 23.2 Å². The van der Waals surface area contributed by atoms with E-state index in [1.54, 1.807) is 0 Å². The maximum Gasteiger partial charge on any atom is 0.0639 e. The van der Waals surface area contributed by atoms with Crippen LogP contribution in [0.5, 0.6) is 0 Å². The second kappa shape index (κ2) is 6.27. The van der Waals surface area contributed by atoms with Gasteiger partial charge in [-0.2, -0.15) is 0 Å². The summed E-state index contributed by atoms with van der Waals surface area (Å²) in [5.41, 5.74) is 1.09. The van der Waals surface area contributed by atoms with Crippen LogP contribution in [-0.4, -0.2) is 6.54 Å². The lowest BCUT2D eigenvalue weighted by atomic mass is 9.97. The summed E-state index contributed by atoms with van der Waals surface area (Å²) < 4.78 is 0. The van der Waals surface area contributed by atoms with Crippen molar-refractivity contribution in [2.75, 3.05) is 6.54 Å². The number of rotatable bonds is 4. The van der Waals surface area contributed by atoms with E-state index >= 15 is 0 Å². The fourth-order valence-corrected chi connectivity index (χ4v) is 3.29. The highest BCUT2D eigenvalue weighted by molar-refractivity contribution is 6.42. The molecule has 1 fully saturated rings. The molecule has 0 bridgehead atoms. The first-order valence-corrected chi connectivity index (χ1v) is 7.52. The molecule has 1 aromatic carbocycles. The lowest BCUT2D eigenvalue weighted by molar-refractivity contribution is 0.375. The first-order valence-electron chi connectivity index (χ1n) is 6.77. The van der Waals surface area contributed by atoms with E-state index < -0.39 is 0 Å². The molecule has 0 spiro atoms. The molecule has 3 atom stereocenters. The molecular weight excluding hydrogens is 265 g/mol. The number of hydrogen-bond donors (Lipinski definition) is 1. The van der Waals surface area contributed by atoms with E-state index in [2.05, 4.69) is 19.2 Å². The maximum atomic E-state index is 6.24. The molecule has 0 saturated heterocycles. The van der Waals surface area contributed by atoms with Crippen molar-refractivity contribution in [2.45, 2.75) is 39.2 Å². The SMILES string of the molecule is CC(NCC1CCCC1C)c1cccc(Cl)c1Cl.